The van der Waals surface area contributed by atoms with Gasteiger partial charge in [0.1, 0.15) is 0 Å². The Bertz CT molecular complexity index is 2530. The molecule has 0 aliphatic carbocycles. The molecule has 2 aromatic heterocycles. The molecule has 0 N–H and O–H groups in total. The van der Waals surface area contributed by atoms with Crippen molar-refractivity contribution in [3.8, 4) is 45.3 Å². The van der Waals surface area contributed by atoms with Crippen LogP contribution in [0.5, 0.6) is 0 Å². The van der Waals surface area contributed by atoms with Gasteiger partial charge in [0, 0.05) is 36.9 Å². The summed E-state index contributed by atoms with van der Waals surface area (Å²) in [6, 6.07) is 53.3. The number of rotatable bonds is 4. The molecule has 0 amide bonds. The van der Waals surface area contributed by atoms with E-state index in [4.69, 9.17) is 15.0 Å². The fourth-order valence-electron chi connectivity index (χ4n) is 6.27. The van der Waals surface area contributed by atoms with Crippen molar-refractivity contribution in [2.24, 2.45) is 0 Å². The quantitative estimate of drug-likeness (QED) is 0.204. The molecule has 0 unspecified atom stereocenters. The van der Waals surface area contributed by atoms with E-state index in [1.54, 1.807) is 11.3 Å². The lowest BCUT2D eigenvalue weighted by Gasteiger charge is -2.10. The molecule has 0 aliphatic heterocycles. The third-order valence-electron chi connectivity index (χ3n) is 8.52. The van der Waals surface area contributed by atoms with Crippen molar-refractivity contribution >= 4 is 53.1 Å². The number of nitrogens with zero attached hydrogens (tertiary/aromatic N) is 3. The van der Waals surface area contributed by atoms with Crippen molar-refractivity contribution in [1.29, 1.82) is 0 Å². The molecule has 0 saturated heterocycles. The van der Waals surface area contributed by atoms with Gasteiger partial charge >= 0.3 is 0 Å². The first-order chi connectivity index (χ1) is 22.3. The smallest absolute Gasteiger partial charge is 0.165 e. The van der Waals surface area contributed by atoms with E-state index in [1.165, 1.54) is 47.3 Å². The highest BCUT2D eigenvalue weighted by molar-refractivity contribution is 7.26. The summed E-state index contributed by atoms with van der Waals surface area (Å²) in [6.07, 6.45) is 0. The van der Waals surface area contributed by atoms with Crippen LogP contribution in [0.3, 0.4) is 0 Å². The van der Waals surface area contributed by atoms with Gasteiger partial charge in [-0.1, -0.05) is 133 Å². The van der Waals surface area contributed by atoms with E-state index in [1.807, 2.05) is 18.2 Å². The van der Waals surface area contributed by atoms with Gasteiger partial charge in [0.2, 0.25) is 0 Å². The SMILES string of the molecule is c1ccc(-c2nc(-c3ccc(-c4ccc5ccccc5c4)cc3)nc(-c3cccc4c3sc3ccc5ccccc5c34)n2)cc1. The molecule has 45 heavy (non-hydrogen) atoms. The first-order valence-corrected chi connectivity index (χ1v) is 15.8. The van der Waals surface area contributed by atoms with Crippen LogP contribution in [-0.2, 0) is 0 Å². The molecule has 0 atom stereocenters. The maximum absolute atomic E-state index is 5.11. The first-order valence-electron chi connectivity index (χ1n) is 15.0. The average molecular weight is 592 g/mol. The summed E-state index contributed by atoms with van der Waals surface area (Å²) in [7, 11) is 0. The zero-order valence-electron chi connectivity index (χ0n) is 24.2. The zero-order valence-corrected chi connectivity index (χ0v) is 25.0. The van der Waals surface area contributed by atoms with E-state index >= 15 is 0 Å². The van der Waals surface area contributed by atoms with Crippen LogP contribution in [0.4, 0.5) is 0 Å². The van der Waals surface area contributed by atoms with Gasteiger partial charge in [0.25, 0.3) is 0 Å². The van der Waals surface area contributed by atoms with Crippen LogP contribution >= 0.6 is 11.3 Å². The Balaban J connectivity index is 1.20. The standard InChI is InChI=1S/C41H25N3S/c1-2-11-29(12-3-1)39-42-40(30-20-17-27(18-21-30)32-22-19-26-9-4-5-13-31(26)25-32)44-41(43-39)35-16-8-15-34-37-33-14-7-6-10-28(33)23-24-36(37)45-38(34)35/h1-25H. The van der Waals surface area contributed by atoms with Gasteiger partial charge in [-0.15, -0.1) is 11.3 Å². The molecule has 2 heterocycles. The van der Waals surface area contributed by atoms with Gasteiger partial charge in [0.15, 0.2) is 17.5 Å². The molecule has 7 aromatic carbocycles. The maximum Gasteiger partial charge on any atom is 0.165 e. The first kappa shape index (κ1) is 25.8. The monoisotopic (exact) mass is 591 g/mol. The third-order valence-corrected chi connectivity index (χ3v) is 9.73. The predicted octanol–water partition coefficient (Wildman–Crippen LogP) is 11.2. The Labute approximate surface area is 264 Å². The van der Waals surface area contributed by atoms with Crippen molar-refractivity contribution in [3.05, 3.63) is 152 Å². The maximum atomic E-state index is 5.11. The summed E-state index contributed by atoms with van der Waals surface area (Å²) in [4.78, 5) is 15.2. The highest BCUT2D eigenvalue weighted by Gasteiger charge is 2.17. The largest absolute Gasteiger partial charge is 0.208 e. The van der Waals surface area contributed by atoms with Crippen molar-refractivity contribution in [1.82, 2.24) is 15.0 Å². The Morgan fingerprint density at radius 1 is 0.378 bits per heavy atom. The lowest BCUT2D eigenvalue weighted by Crippen LogP contribution is -2.00. The molecule has 3 nitrogen and oxygen atoms in total. The van der Waals surface area contributed by atoms with E-state index in [-0.39, 0.29) is 0 Å². The Kier molecular flexibility index (Phi) is 6.00. The average Bonchev–Trinajstić information content (AvgIpc) is 3.51. The second kappa shape index (κ2) is 10.5. The van der Waals surface area contributed by atoms with Crippen LogP contribution < -0.4 is 0 Å². The molecular formula is C41H25N3S. The highest BCUT2D eigenvalue weighted by atomic mass is 32.1. The summed E-state index contributed by atoms with van der Waals surface area (Å²) >= 11 is 1.80. The molecule has 0 radical (unpaired) electrons. The lowest BCUT2D eigenvalue weighted by atomic mass is 10.00. The number of aromatic nitrogens is 3. The Morgan fingerprint density at radius 2 is 0.978 bits per heavy atom. The molecule has 0 spiro atoms. The summed E-state index contributed by atoms with van der Waals surface area (Å²) < 4.78 is 2.45. The minimum absolute atomic E-state index is 0.660. The van der Waals surface area contributed by atoms with Crippen molar-refractivity contribution < 1.29 is 0 Å². The minimum atomic E-state index is 0.660. The summed E-state index contributed by atoms with van der Waals surface area (Å²) in [5.41, 5.74) is 5.28. The number of hydrogen-bond donors (Lipinski definition) is 0. The van der Waals surface area contributed by atoms with Crippen molar-refractivity contribution in [2.45, 2.75) is 0 Å². The topological polar surface area (TPSA) is 38.7 Å². The second-order valence-electron chi connectivity index (χ2n) is 11.3. The van der Waals surface area contributed by atoms with Crippen LogP contribution in [-0.4, -0.2) is 15.0 Å². The Hall–Kier alpha value is -5.71. The molecule has 0 aliphatic rings. The number of benzene rings is 7. The van der Waals surface area contributed by atoms with Gasteiger partial charge in [-0.25, -0.2) is 15.0 Å². The molecule has 210 valence electrons. The van der Waals surface area contributed by atoms with Gasteiger partial charge in [-0.3, -0.25) is 0 Å². The fraction of sp³-hybridized carbons (Fsp3) is 0. The minimum Gasteiger partial charge on any atom is -0.208 e. The zero-order chi connectivity index (χ0) is 29.7. The molecule has 9 rings (SSSR count). The summed E-state index contributed by atoms with van der Waals surface area (Å²) in [5, 5.41) is 7.51. The Morgan fingerprint density at radius 3 is 1.80 bits per heavy atom. The fourth-order valence-corrected chi connectivity index (χ4v) is 7.49. The van der Waals surface area contributed by atoms with Crippen LogP contribution in [0.25, 0.3) is 87.0 Å². The van der Waals surface area contributed by atoms with Crippen molar-refractivity contribution in [2.75, 3.05) is 0 Å². The van der Waals surface area contributed by atoms with Gasteiger partial charge in [-0.05, 0) is 50.9 Å². The number of thiophene rings is 1. The van der Waals surface area contributed by atoms with Crippen LogP contribution in [0.2, 0.25) is 0 Å². The van der Waals surface area contributed by atoms with Crippen LogP contribution in [0, 0.1) is 0 Å². The van der Waals surface area contributed by atoms with Crippen molar-refractivity contribution in [3.63, 3.8) is 0 Å². The van der Waals surface area contributed by atoms with Gasteiger partial charge < -0.3 is 0 Å². The molecule has 0 saturated carbocycles. The van der Waals surface area contributed by atoms with E-state index in [0.29, 0.717) is 17.5 Å². The molecule has 4 heteroatoms. The summed E-state index contributed by atoms with van der Waals surface area (Å²) in [6.45, 7) is 0. The normalized spacial score (nSPS) is 11.6. The molecule has 0 fully saturated rings. The van der Waals surface area contributed by atoms with Crippen LogP contribution in [0.1, 0.15) is 0 Å². The van der Waals surface area contributed by atoms with Crippen LogP contribution in [0.15, 0.2) is 152 Å². The highest BCUT2D eigenvalue weighted by Crippen LogP contribution is 2.42. The lowest BCUT2D eigenvalue weighted by molar-refractivity contribution is 1.08. The predicted molar refractivity (Wildman–Crippen MR) is 189 cm³/mol. The third kappa shape index (κ3) is 4.46. The molecule has 9 aromatic rings. The van der Waals surface area contributed by atoms with Gasteiger partial charge in [-0.2, -0.15) is 0 Å². The van der Waals surface area contributed by atoms with E-state index in [2.05, 4.69) is 133 Å². The number of fused-ring (bicyclic) bond motifs is 6. The van der Waals surface area contributed by atoms with Gasteiger partial charge in [0.05, 0.1) is 0 Å². The van der Waals surface area contributed by atoms with E-state index in [0.717, 1.165) is 22.3 Å². The molecule has 0 bridgehead atoms. The van der Waals surface area contributed by atoms with E-state index in [9.17, 15) is 0 Å². The number of hydrogen-bond acceptors (Lipinski definition) is 4. The van der Waals surface area contributed by atoms with E-state index < -0.39 is 0 Å². The summed E-state index contributed by atoms with van der Waals surface area (Å²) in [5.74, 6) is 2.00. The second-order valence-corrected chi connectivity index (χ2v) is 12.3. The molecular weight excluding hydrogens is 567 g/mol.